The summed E-state index contributed by atoms with van der Waals surface area (Å²) in [5, 5.41) is 24.8. The van der Waals surface area contributed by atoms with Crippen molar-refractivity contribution < 1.29 is 0 Å². The van der Waals surface area contributed by atoms with Gasteiger partial charge in [-0.2, -0.15) is 11.8 Å². The van der Waals surface area contributed by atoms with E-state index in [4.69, 9.17) is 5.41 Å². The van der Waals surface area contributed by atoms with E-state index in [-0.39, 0.29) is 6.04 Å². The predicted octanol–water partition coefficient (Wildman–Crippen LogP) is 6.71. The average Bonchev–Trinajstić information content (AvgIpc) is 3.24. The highest BCUT2D eigenvalue weighted by Crippen LogP contribution is 2.17. The monoisotopic (exact) mass is 458 g/mol. The largest absolute Gasteiger partial charge is 0.363 e. The van der Waals surface area contributed by atoms with Gasteiger partial charge in [0.05, 0.1) is 11.9 Å². The SMILES string of the molecule is CC(=N)NC(CSCC=C(C)CCC=C(C)CCC=C(C)CCC=C(C)C)c1nnn[nH]1. The molecule has 32 heavy (non-hydrogen) atoms. The number of hydrogen-bond acceptors (Lipinski definition) is 5. The zero-order valence-corrected chi connectivity index (χ0v) is 21.6. The molecule has 1 aromatic rings. The molecule has 0 amide bonds. The van der Waals surface area contributed by atoms with E-state index in [1.165, 1.54) is 28.7 Å². The number of H-pyrrole nitrogens is 1. The molecule has 0 aliphatic heterocycles. The third-order valence-corrected chi connectivity index (χ3v) is 6.04. The number of aromatic amines is 1. The number of amidine groups is 1. The fourth-order valence-electron chi connectivity index (χ4n) is 3.14. The van der Waals surface area contributed by atoms with Gasteiger partial charge < -0.3 is 5.32 Å². The maximum absolute atomic E-state index is 7.66. The van der Waals surface area contributed by atoms with Crippen LogP contribution in [0.1, 0.15) is 91.9 Å². The van der Waals surface area contributed by atoms with Crippen LogP contribution in [-0.2, 0) is 0 Å². The molecule has 1 rings (SSSR count). The first-order valence-corrected chi connectivity index (χ1v) is 12.7. The Labute approximate surface area is 199 Å². The van der Waals surface area contributed by atoms with Gasteiger partial charge in [0.1, 0.15) is 0 Å². The van der Waals surface area contributed by atoms with Crippen molar-refractivity contribution in [3.8, 4) is 0 Å². The molecule has 0 saturated heterocycles. The summed E-state index contributed by atoms with van der Waals surface area (Å²) in [6.45, 7) is 12.8. The normalized spacial score (nSPS) is 13.8. The molecule has 178 valence electrons. The standard InChI is InChI=1S/C25H42N6S/c1-19(2)10-7-11-20(3)12-8-13-21(4)14-9-15-22(5)16-17-32-18-24(27-23(6)26)25-28-30-31-29-25/h10,12,14,16,24H,7-9,11,13,15,17-18H2,1-6H3,(H2,26,27)(H,28,29,30,31). The van der Waals surface area contributed by atoms with E-state index in [0.717, 1.165) is 43.6 Å². The molecule has 6 nitrogen and oxygen atoms in total. The van der Waals surface area contributed by atoms with Gasteiger partial charge in [0.2, 0.25) is 0 Å². The first-order chi connectivity index (χ1) is 15.3. The second-order valence-corrected chi connectivity index (χ2v) is 9.77. The molecule has 1 unspecified atom stereocenters. The first kappa shape index (κ1) is 27.9. The lowest BCUT2D eigenvalue weighted by molar-refractivity contribution is 0.670. The number of aromatic nitrogens is 4. The molecule has 0 bridgehead atoms. The van der Waals surface area contributed by atoms with Crippen molar-refractivity contribution in [3.05, 3.63) is 52.4 Å². The van der Waals surface area contributed by atoms with Crippen LogP contribution in [0.2, 0.25) is 0 Å². The average molecular weight is 459 g/mol. The van der Waals surface area contributed by atoms with Crippen LogP contribution in [0, 0.1) is 5.41 Å². The molecule has 3 N–H and O–H groups in total. The molecule has 0 fully saturated rings. The Hall–Kier alpha value is -2.15. The van der Waals surface area contributed by atoms with Crippen LogP contribution < -0.4 is 5.32 Å². The molecule has 0 spiro atoms. The number of nitrogens with one attached hydrogen (secondary N) is 3. The topological polar surface area (TPSA) is 90.3 Å². The summed E-state index contributed by atoms with van der Waals surface area (Å²) in [6.07, 6.45) is 16.2. The van der Waals surface area contributed by atoms with E-state index in [1.54, 1.807) is 6.92 Å². The zero-order valence-electron chi connectivity index (χ0n) is 20.8. The quantitative estimate of drug-likeness (QED) is 0.118. The second-order valence-electron chi connectivity index (χ2n) is 8.69. The number of thioether (sulfide) groups is 1. The molecule has 0 aliphatic carbocycles. The molecule has 0 saturated carbocycles. The van der Waals surface area contributed by atoms with Gasteiger partial charge in [-0.3, -0.25) is 5.41 Å². The minimum atomic E-state index is -0.0725. The summed E-state index contributed by atoms with van der Waals surface area (Å²) < 4.78 is 0. The fraction of sp³-hybridized carbons (Fsp3) is 0.600. The number of rotatable bonds is 15. The van der Waals surface area contributed by atoms with Crippen molar-refractivity contribution in [1.29, 1.82) is 5.41 Å². The Bertz CT molecular complexity index is 785. The van der Waals surface area contributed by atoms with Gasteiger partial charge in [0.25, 0.3) is 0 Å². The van der Waals surface area contributed by atoms with Crippen LogP contribution in [0.4, 0.5) is 0 Å². The number of nitrogens with zero attached hydrogens (tertiary/aromatic N) is 3. The maximum Gasteiger partial charge on any atom is 0.171 e. The van der Waals surface area contributed by atoms with Gasteiger partial charge in [-0.15, -0.1) is 5.10 Å². The van der Waals surface area contributed by atoms with Crippen molar-refractivity contribution in [3.63, 3.8) is 0 Å². The Morgan fingerprint density at radius 1 is 0.906 bits per heavy atom. The third-order valence-electron chi connectivity index (χ3n) is 5.07. The van der Waals surface area contributed by atoms with Crippen molar-refractivity contribution in [2.75, 3.05) is 11.5 Å². The van der Waals surface area contributed by atoms with Crippen molar-refractivity contribution in [2.24, 2.45) is 0 Å². The van der Waals surface area contributed by atoms with E-state index < -0.39 is 0 Å². The van der Waals surface area contributed by atoms with Gasteiger partial charge in [-0.1, -0.05) is 46.6 Å². The minimum Gasteiger partial charge on any atom is -0.363 e. The summed E-state index contributed by atoms with van der Waals surface area (Å²) in [4.78, 5) is 0. The number of tetrazole rings is 1. The highest BCUT2D eigenvalue weighted by atomic mass is 32.2. The van der Waals surface area contributed by atoms with Crippen LogP contribution in [0.5, 0.6) is 0 Å². The van der Waals surface area contributed by atoms with E-state index in [1.807, 2.05) is 11.8 Å². The maximum atomic E-state index is 7.66. The molecule has 1 aromatic heterocycles. The zero-order chi connectivity index (χ0) is 23.8. The lowest BCUT2D eigenvalue weighted by atomic mass is 10.0. The van der Waals surface area contributed by atoms with Crippen LogP contribution >= 0.6 is 11.8 Å². The minimum absolute atomic E-state index is 0.0725. The molecular formula is C25H42N6S. The summed E-state index contributed by atoms with van der Waals surface area (Å²) >= 11 is 1.81. The van der Waals surface area contributed by atoms with Gasteiger partial charge in [0.15, 0.2) is 5.82 Å². The van der Waals surface area contributed by atoms with Gasteiger partial charge in [-0.05, 0) is 90.5 Å². The van der Waals surface area contributed by atoms with E-state index >= 15 is 0 Å². The van der Waals surface area contributed by atoms with Gasteiger partial charge >= 0.3 is 0 Å². The summed E-state index contributed by atoms with van der Waals surface area (Å²) in [5.74, 6) is 2.83. The van der Waals surface area contributed by atoms with Crippen molar-refractivity contribution >= 4 is 17.6 Å². The third kappa shape index (κ3) is 14.0. The van der Waals surface area contributed by atoms with Crippen molar-refractivity contribution in [1.82, 2.24) is 25.9 Å². The van der Waals surface area contributed by atoms with E-state index in [0.29, 0.717) is 11.7 Å². The second kappa shape index (κ2) is 16.5. The van der Waals surface area contributed by atoms with Crippen LogP contribution in [0.25, 0.3) is 0 Å². The Kier molecular flexibility index (Phi) is 14.4. The number of allylic oxidation sites excluding steroid dienone is 7. The smallest absolute Gasteiger partial charge is 0.171 e. The highest BCUT2D eigenvalue weighted by Gasteiger charge is 2.15. The number of hydrogen-bond donors (Lipinski definition) is 3. The Morgan fingerprint density at radius 3 is 1.97 bits per heavy atom. The molecule has 0 aromatic carbocycles. The molecule has 7 heteroatoms. The first-order valence-electron chi connectivity index (χ1n) is 11.5. The Morgan fingerprint density at radius 2 is 1.47 bits per heavy atom. The Balaban J connectivity index is 2.27. The lowest BCUT2D eigenvalue weighted by Crippen LogP contribution is -2.28. The van der Waals surface area contributed by atoms with Gasteiger partial charge in [0, 0.05) is 11.5 Å². The summed E-state index contributed by atoms with van der Waals surface area (Å²) in [6, 6.07) is -0.0725. The summed E-state index contributed by atoms with van der Waals surface area (Å²) in [7, 11) is 0. The van der Waals surface area contributed by atoms with Crippen LogP contribution in [-0.4, -0.2) is 38.0 Å². The molecule has 0 radical (unpaired) electrons. The van der Waals surface area contributed by atoms with Crippen molar-refractivity contribution in [2.45, 2.75) is 86.1 Å². The molecular weight excluding hydrogens is 416 g/mol. The van der Waals surface area contributed by atoms with E-state index in [9.17, 15) is 0 Å². The van der Waals surface area contributed by atoms with Gasteiger partial charge in [-0.25, -0.2) is 5.10 Å². The molecule has 1 heterocycles. The predicted molar refractivity (Wildman–Crippen MR) is 139 cm³/mol. The fourth-order valence-corrected chi connectivity index (χ4v) is 4.15. The van der Waals surface area contributed by atoms with Crippen LogP contribution in [0.15, 0.2) is 46.6 Å². The summed E-state index contributed by atoms with van der Waals surface area (Å²) in [5.41, 5.74) is 5.81. The molecule has 0 aliphatic rings. The highest BCUT2D eigenvalue weighted by molar-refractivity contribution is 7.99. The molecule has 1 atom stereocenters. The lowest BCUT2D eigenvalue weighted by Gasteiger charge is -2.15. The van der Waals surface area contributed by atoms with E-state index in [2.05, 4.69) is 84.9 Å². The van der Waals surface area contributed by atoms with Crippen LogP contribution in [0.3, 0.4) is 0 Å².